The van der Waals surface area contributed by atoms with Crippen molar-refractivity contribution in [1.82, 2.24) is 0 Å². The van der Waals surface area contributed by atoms with Gasteiger partial charge in [0.15, 0.2) is 0 Å². The molecule has 0 spiro atoms. The molecule has 0 saturated carbocycles. The monoisotopic (exact) mass is 250 g/mol. The first-order valence-corrected chi connectivity index (χ1v) is 6.31. The zero-order valence-electron chi connectivity index (χ0n) is 10.6. The van der Waals surface area contributed by atoms with E-state index in [9.17, 15) is 4.79 Å². The van der Waals surface area contributed by atoms with Gasteiger partial charge in [0, 0.05) is 0 Å². The molecule has 0 aliphatic rings. The van der Waals surface area contributed by atoms with Crippen molar-refractivity contribution in [2.45, 2.75) is 12.8 Å². The second-order valence-electron chi connectivity index (χ2n) is 4.83. The number of carboxylic acid groups (broad SMARTS) is 1. The van der Waals surface area contributed by atoms with Crippen molar-refractivity contribution in [2.24, 2.45) is 0 Å². The Bertz CT molecular complexity index is 774. The molecule has 2 heteroatoms. The number of benzene rings is 3. The first-order valence-electron chi connectivity index (χ1n) is 6.31. The van der Waals surface area contributed by atoms with Crippen molar-refractivity contribution in [1.29, 1.82) is 0 Å². The summed E-state index contributed by atoms with van der Waals surface area (Å²) in [4.78, 5) is 11.1. The Kier molecular flexibility index (Phi) is 2.71. The molecule has 0 aromatic heterocycles. The van der Waals surface area contributed by atoms with Crippen LogP contribution in [0.1, 0.15) is 18.4 Å². The largest absolute Gasteiger partial charge is 0.481 e. The Morgan fingerprint density at radius 2 is 1.58 bits per heavy atom. The van der Waals surface area contributed by atoms with E-state index < -0.39 is 11.9 Å². The lowest BCUT2D eigenvalue weighted by Crippen LogP contribution is -2.07. The van der Waals surface area contributed by atoms with Gasteiger partial charge in [-0.2, -0.15) is 0 Å². The highest BCUT2D eigenvalue weighted by atomic mass is 16.4. The third kappa shape index (κ3) is 1.95. The fourth-order valence-corrected chi connectivity index (χ4v) is 2.43. The van der Waals surface area contributed by atoms with Crippen molar-refractivity contribution >= 4 is 27.5 Å². The molecule has 2 nitrogen and oxygen atoms in total. The second kappa shape index (κ2) is 4.39. The van der Waals surface area contributed by atoms with Gasteiger partial charge in [-0.25, -0.2) is 0 Å². The number of carboxylic acids is 1. The summed E-state index contributed by atoms with van der Waals surface area (Å²) in [5.41, 5.74) is 0.844. The minimum absolute atomic E-state index is 0.483. The molecule has 94 valence electrons. The smallest absolute Gasteiger partial charge is 0.310 e. The van der Waals surface area contributed by atoms with Gasteiger partial charge in [-0.05, 0) is 40.1 Å². The minimum Gasteiger partial charge on any atom is -0.481 e. The van der Waals surface area contributed by atoms with E-state index in [0.29, 0.717) is 0 Å². The summed E-state index contributed by atoms with van der Waals surface area (Å²) in [6.45, 7) is 1.72. The van der Waals surface area contributed by atoms with Crippen LogP contribution in [0, 0.1) is 0 Å². The Hall–Kier alpha value is -2.35. The van der Waals surface area contributed by atoms with E-state index in [2.05, 4.69) is 24.3 Å². The predicted molar refractivity (Wildman–Crippen MR) is 77.5 cm³/mol. The lowest BCUT2D eigenvalue weighted by Gasteiger charge is -2.09. The third-order valence-electron chi connectivity index (χ3n) is 3.64. The summed E-state index contributed by atoms with van der Waals surface area (Å²) >= 11 is 0. The highest BCUT2D eigenvalue weighted by molar-refractivity contribution is 6.07. The molecule has 19 heavy (non-hydrogen) atoms. The van der Waals surface area contributed by atoms with E-state index >= 15 is 0 Å². The van der Waals surface area contributed by atoms with Gasteiger partial charge in [0.25, 0.3) is 0 Å². The van der Waals surface area contributed by atoms with Crippen LogP contribution in [0.5, 0.6) is 0 Å². The van der Waals surface area contributed by atoms with E-state index in [0.717, 1.165) is 16.3 Å². The van der Waals surface area contributed by atoms with Gasteiger partial charge in [-0.1, -0.05) is 48.5 Å². The minimum atomic E-state index is -0.792. The van der Waals surface area contributed by atoms with Crippen molar-refractivity contribution in [3.8, 4) is 0 Å². The van der Waals surface area contributed by atoms with E-state index in [4.69, 9.17) is 5.11 Å². The van der Waals surface area contributed by atoms with Crippen LogP contribution in [-0.2, 0) is 4.79 Å². The van der Waals surface area contributed by atoms with Crippen LogP contribution >= 0.6 is 0 Å². The summed E-state index contributed by atoms with van der Waals surface area (Å²) in [6, 6.07) is 18.2. The molecule has 1 atom stereocenters. The van der Waals surface area contributed by atoms with Gasteiger partial charge in [-0.15, -0.1) is 0 Å². The normalized spacial score (nSPS) is 12.7. The molecule has 0 aliphatic carbocycles. The molecule has 3 rings (SSSR count). The van der Waals surface area contributed by atoms with Crippen LogP contribution in [0.25, 0.3) is 21.5 Å². The first-order chi connectivity index (χ1) is 9.16. The summed E-state index contributed by atoms with van der Waals surface area (Å²) in [5.74, 6) is -1.28. The Balaban J connectivity index is 2.31. The van der Waals surface area contributed by atoms with Crippen molar-refractivity contribution in [3.05, 3.63) is 60.2 Å². The average molecular weight is 250 g/mol. The van der Waals surface area contributed by atoms with Crippen molar-refractivity contribution < 1.29 is 9.90 Å². The number of fused-ring (bicyclic) bond motifs is 3. The Morgan fingerprint density at radius 1 is 0.947 bits per heavy atom. The summed E-state index contributed by atoms with van der Waals surface area (Å²) in [7, 11) is 0. The van der Waals surface area contributed by atoms with Crippen molar-refractivity contribution in [3.63, 3.8) is 0 Å². The van der Waals surface area contributed by atoms with Gasteiger partial charge >= 0.3 is 5.97 Å². The molecule has 1 unspecified atom stereocenters. The number of rotatable bonds is 2. The van der Waals surface area contributed by atoms with E-state index in [1.807, 2.05) is 30.3 Å². The zero-order valence-corrected chi connectivity index (χ0v) is 10.6. The molecule has 3 aromatic carbocycles. The maximum absolute atomic E-state index is 11.1. The van der Waals surface area contributed by atoms with Crippen LogP contribution in [0.2, 0.25) is 0 Å². The zero-order chi connectivity index (χ0) is 13.4. The Morgan fingerprint density at radius 3 is 2.32 bits per heavy atom. The molecule has 0 aliphatic heterocycles. The fourth-order valence-electron chi connectivity index (χ4n) is 2.43. The van der Waals surface area contributed by atoms with Gasteiger partial charge in [0.1, 0.15) is 0 Å². The van der Waals surface area contributed by atoms with Crippen molar-refractivity contribution in [2.75, 3.05) is 0 Å². The molecule has 0 radical (unpaired) electrons. The van der Waals surface area contributed by atoms with E-state index in [-0.39, 0.29) is 0 Å². The van der Waals surface area contributed by atoms with Crippen LogP contribution < -0.4 is 0 Å². The molecular weight excluding hydrogens is 236 g/mol. The molecule has 0 amide bonds. The average Bonchev–Trinajstić information content (AvgIpc) is 2.45. The number of hydrogen-bond donors (Lipinski definition) is 1. The van der Waals surface area contributed by atoms with Gasteiger partial charge in [-0.3, -0.25) is 4.79 Å². The maximum atomic E-state index is 11.1. The second-order valence-corrected chi connectivity index (χ2v) is 4.83. The molecule has 3 aromatic rings. The predicted octanol–water partition coefficient (Wildman–Crippen LogP) is 4.18. The molecule has 0 bridgehead atoms. The quantitative estimate of drug-likeness (QED) is 0.693. The fraction of sp³-hybridized carbons (Fsp3) is 0.118. The Labute approximate surface area is 111 Å². The van der Waals surface area contributed by atoms with E-state index in [1.165, 1.54) is 10.8 Å². The lowest BCUT2D eigenvalue weighted by atomic mass is 9.95. The topological polar surface area (TPSA) is 37.3 Å². The number of carbonyl (C=O) groups is 1. The molecule has 1 N–H and O–H groups in total. The highest BCUT2D eigenvalue weighted by Crippen LogP contribution is 2.28. The van der Waals surface area contributed by atoms with Crippen LogP contribution in [0.3, 0.4) is 0 Å². The molecule has 0 heterocycles. The van der Waals surface area contributed by atoms with Gasteiger partial charge in [0.2, 0.25) is 0 Å². The van der Waals surface area contributed by atoms with Crippen LogP contribution in [0.4, 0.5) is 0 Å². The summed E-state index contributed by atoms with van der Waals surface area (Å²) in [5, 5.41) is 13.7. The van der Waals surface area contributed by atoms with Gasteiger partial charge < -0.3 is 5.11 Å². The van der Waals surface area contributed by atoms with E-state index in [1.54, 1.807) is 6.92 Å². The van der Waals surface area contributed by atoms with Crippen LogP contribution in [0.15, 0.2) is 54.6 Å². The molecular formula is C17H14O2. The molecule has 0 saturated heterocycles. The first kappa shape index (κ1) is 11.7. The summed E-state index contributed by atoms with van der Waals surface area (Å²) < 4.78 is 0. The third-order valence-corrected chi connectivity index (χ3v) is 3.64. The highest BCUT2D eigenvalue weighted by Gasteiger charge is 2.14. The maximum Gasteiger partial charge on any atom is 0.310 e. The standard InChI is InChI=1S/C17H14O2/c1-11(17(18)19)14-9-8-13-7-6-12-4-2-3-5-15(12)16(13)10-14/h2-11H,1H3,(H,18,19). The van der Waals surface area contributed by atoms with Gasteiger partial charge in [0.05, 0.1) is 5.92 Å². The summed E-state index contributed by atoms with van der Waals surface area (Å²) in [6.07, 6.45) is 0. The lowest BCUT2D eigenvalue weighted by molar-refractivity contribution is -0.138. The number of aliphatic carboxylic acids is 1. The SMILES string of the molecule is CC(C(=O)O)c1ccc2ccc3ccccc3c2c1. The molecule has 0 fully saturated rings. The number of hydrogen-bond acceptors (Lipinski definition) is 1. The van der Waals surface area contributed by atoms with Crippen LogP contribution in [-0.4, -0.2) is 11.1 Å².